The summed E-state index contributed by atoms with van der Waals surface area (Å²) in [4.78, 5) is 69.1. The molecule has 14 aromatic rings. The van der Waals surface area contributed by atoms with Crippen molar-refractivity contribution in [2.24, 2.45) is 5.73 Å². The molecule has 3 aliphatic rings. The highest BCUT2D eigenvalue weighted by Crippen LogP contribution is 2.32. The van der Waals surface area contributed by atoms with Crippen LogP contribution in [-0.4, -0.2) is 204 Å². The van der Waals surface area contributed by atoms with Crippen molar-refractivity contribution in [3.8, 4) is 0 Å². The van der Waals surface area contributed by atoms with Crippen LogP contribution >= 0.6 is 0 Å². The van der Waals surface area contributed by atoms with Crippen LogP contribution in [0.25, 0.3) is 77.3 Å². The number of carboxylic acid groups (broad SMARTS) is 1. The number of hydrogen-bond acceptors (Lipinski definition) is 20. The first-order valence-corrected chi connectivity index (χ1v) is 40.5. The van der Waals surface area contributed by atoms with Gasteiger partial charge in [0.25, 0.3) is 17.7 Å². The van der Waals surface area contributed by atoms with E-state index in [1.165, 1.54) is 20.0 Å². The Morgan fingerprint density at radius 3 is 1.19 bits per heavy atom. The normalized spacial score (nSPS) is 13.2. The third-order valence-electron chi connectivity index (χ3n) is 20.9. The van der Waals surface area contributed by atoms with E-state index in [1.807, 2.05) is 191 Å². The highest BCUT2D eigenvalue weighted by atomic mass is 16.5. The Hall–Kier alpha value is -14.5. The molecule has 0 saturated carbocycles. The van der Waals surface area contributed by atoms with Crippen LogP contribution in [0.3, 0.4) is 0 Å². The molecule has 0 spiro atoms. The first kappa shape index (κ1) is 85.4. The number of rotatable bonds is 25. The molecule has 0 atom stereocenters. The number of benzene rings is 9. The Kier molecular flexibility index (Phi) is 29.2. The van der Waals surface area contributed by atoms with Crippen molar-refractivity contribution in [3.05, 3.63) is 289 Å². The molecular weight excluding hydrogens is 1540 g/mol. The quantitative estimate of drug-likeness (QED) is 0.0187. The SMILES string of the molecule is C=C(Nc1ccccc1)c1n[nH]c2ccc(C(=O)N3CCN(CCOCCOCCN)CC3)cc12.C=C(Nc1n[nH]c2ccc(C(=O)N3CCCCC3)cc12)c1ccccc1.C=C(Nc1n[nH]c2ccc(C(=O)O)cc12)c1ccccc1.C=C(Nc1n[nH]c2ccc(C(=O)OC)cc12)c1ccccc1.Nc1n[nH]c2ccc(C(=O)N3CCCCC3)cc12. The number of carboxylic acids is 1. The van der Waals surface area contributed by atoms with E-state index in [0.717, 1.165) is 154 Å². The number of carbonyl (C=O) groups excluding carboxylic acids is 4. The van der Waals surface area contributed by atoms with Gasteiger partial charge in [-0.3, -0.25) is 44.8 Å². The number of H-pyrrole nitrogens is 5. The van der Waals surface area contributed by atoms with Crippen LogP contribution in [0.4, 0.5) is 29.0 Å². The van der Waals surface area contributed by atoms with Gasteiger partial charge >= 0.3 is 11.9 Å². The summed E-state index contributed by atoms with van der Waals surface area (Å²) in [5.41, 5.74) is 25.6. The lowest BCUT2D eigenvalue weighted by Crippen LogP contribution is -2.49. The number of esters is 1. The van der Waals surface area contributed by atoms with Crippen molar-refractivity contribution in [2.75, 3.05) is 126 Å². The minimum Gasteiger partial charge on any atom is -0.478 e. The molecule has 0 unspecified atom stereocenters. The number of nitrogens with two attached hydrogens (primary N) is 2. The van der Waals surface area contributed by atoms with Gasteiger partial charge in [0.2, 0.25) is 0 Å². The molecule has 3 aliphatic heterocycles. The number of amides is 3. The van der Waals surface area contributed by atoms with Gasteiger partial charge in [0.1, 0.15) is 5.69 Å². The summed E-state index contributed by atoms with van der Waals surface area (Å²) in [5, 5.41) is 61.8. The number of nitrogens with zero attached hydrogens (tertiary/aromatic N) is 9. The minimum atomic E-state index is -0.967. The molecule has 9 aromatic carbocycles. The second-order valence-corrected chi connectivity index (χ2v) is 29.2. The molecule has 0 bridgehead atoms. The van der Waals surface area contributed by atoms with Gasteiger partial charge in [0.05, 0.1) is 77.9 Å². The summed E-state index contributed by atoms with van der Waals surface area (Å²) in [5.74, 6) is 1.19. The molecule has 29 nitrogen and oxygen atoms in total. The summed E-state index contributed by atoms with van der Waals surface area (Å²) in [6.07, 6.45) is 6.80. The second-order valence-electron chi connectivity index (χ2n) is 29.2. The van der Waals surface area contributed by atoms with E-state index in [-0.39, 0.29) is 29.3 Å². The monoisotopic (exact) mass is 1640 g/mol. The summed E-state index contributed by atoms with van der Waals surface area (Å²) in [6.45, 7) is 26.4. The molecule has 0 radical (unpaired) electrons. The number of nitrogens with one attached hydrogen (secondary N) is 9. The molecule has 14 N–H and O–H groups in total. The number of aromatic nitrogens is 10. The number of piperidine rings is 2. The van der Waals surface area contributed by atoms with Crippen LogP contribution in [0, 0.1) is 0 Å². The smallest absolute Gasteiger partial charge is 0.337 e. The number of likely N-dealkylation sites (tertiary alicyclic amines) is 2. The van der Waals surface area contributed by atoms with Crippen LogP contribution in [0.2, 0.25) is 0 Å². The maximum Gasteiger partial charge on any atom is 0.337 e. The van der Waals surface area contributed by atoms with Crippen molar-refractivity contribution in [1.29, 1.82) is 0 Å². The largest absolute Gasteiger partial charge is 0.478 e. The number of fused-ring (bicyclic) bond motifs is 5. The Labute approximate surface area is 705 Å². The van der Waals surface area contributed by atoms with E-state index in [4.69, 9.17) is 30.8 Å². The van der Waals surface area contributed by atoms with Crippen LogP contribution in [0.15, 0.2) is 239 Å². The molecule has 8 heterocycles. The van der Waals surface area contributed by atoms with Gasteiger partial charge in [-0.1, -0.05) is 136 Å². The fraction of sp³-hybridized carbons (Fsp3) is 0.226. The lowest BCUT2D eigenvalue weighted by atomic mass is 10.1. The van der Waals surface area contributed by atoms with E-state index < -0.39 is 5.97 Å². The first-order valence-electron chi connectivity index (χ1n) is 40.5. The number of para-hydroxylation sites is 1. The van der Waals surface area contributed by atoms with E-state index in [1.54, 1.807) is 36.4 Å². The number of ether oxygens (including phenoxy) is 3. The first-order chi connectivity index (χ1) is 59.5. The molecular formula is C93H100N20O9. The molecule has 3 fully saturated rings. The van der Waals surface area contributed by atoms with Gasteiger partial charge in [-0.15, -0.1) is 0 Å². The van der Waals surface area contributed by atoms with Gasteiger partial charge in [0.15, 0.2) is 23.3 Å². The second kappa shape index (κ2) is 41.7. The van der Waals surface area contributed by atoms with E-state index >= 15 is 0 Å². The molecule has 122 heavy (non-hydrogen) atoms. The lowest BCUT2D eigenvalue weighted by Gasteiger charge is -2.34. The average Bonchev–Trinajstić information content (AvgIpc) is 1.65. The van der Waals surface area contributed by atoms with E-state index in [9.17, 15) is 24.0 Å². The fourth-order valence-electron chi connectivity index (χ4n) is 14.2. The lowest BCUT2D eigenvalue weighted by molar-refractivity contribution is 0.0324. The number of methoxy groups -OCH3 is 1. The average molecular weight is 1640 g/mol. The summed E-state index contributed by atoms with van der Waals surface area (Å²) >= 11 is 0. The van der Waals surface area contributed by atoms with Gasteiger partial charge in [-0.05, 0) is 158 Å². The van der Waals surface area contributed by atoms with Crippen LogP contribution < -0.4 is 32.7 Å². The highest BCUT2D eigenvalue weighted by molar-refractivity contribution is 6.05. The number of aromatic amines is 5. The van der Waals surface area contributed by atoms with Gasteiger partial charge in [-0.2, -0.15) is 25.5 Å². The van der Waals surface area contributed by atoms with Crippen molar-refractivity contribution >= 4 is 136 Å². The maximum atomic E-state index is 13.2. The summed E-state index contributed by atoms with van der Waals surface area (Å²) in [6, 6.07) is 66.1. The summed E-state index contributed by atoms with van der Waals surface area (Å²) < 4.78 is 15.7. The molecule has 5 aromatic heterocycles. The van der Waals surface area contributed by atoms with Gasteiger partial charge < -0.3 is 66.8 Å². The number of carbonyl (C=O) groups is 5. The molecule has 3 amide bonds. The third kappa shape index (κ3) is 22.1. The van der Waals surface area contributed by atoms with Crippen molar-refractivity contribution in [3.63, 3.8) is 0 Å². The van der Waals surface area contributed by atoms with E-state index in [2.05, 4.69) is 103 Å². The Balaban J connectivity index is 0.000000134. The molecule has 626 valence electrons. The molecule has 17 rings (SSSR count). The highest BCUT2D eigenvalue weighted by Gasteiger charge is 2.26. The van der Waals surface area contributed by atoms with Gasteiger partial charge in [-0.25, -0.2) is 9.59 Å². The van der Waals surface area contributed by atoms with Gasteiger partial charge in [0, 0.05) is 132 Å². The number of hydrogen-bond donors (Lipinski definition) is 12. The Morgan fingerprint density at radius 2 is 0.746 bits per heavy atom. The fourth-order valence-corrected chi connectivity index (χ4v) is 14.2. The number of anilines is 5. The topological polar surface area (TPSA) is 390 Å². The summed E-state index contributed by atoms with van der Waals surface area (Å²) in [7, 11) is 1.36. The standard InChI is InChI=1S/C26H34N6O3.C21H22N4O.C17H15N3O2.C16H13N3O2.C13H16N4O/c1-20(28-22-5-3-2-4-6-22)25-23-19-21(7-8-24(23)29-30-25)26(33)32-12-10-31(11-13-32)14-16-35-18-17-34-15-9-27;1-15(16-8-4-2-5-9-16)22-20-18-14-17(10-11-19(18)23-24-20)21(26)25-12-6-3-7-13-25;1-11(12-6-4-3-5-7-12)18-16-14-10-13(17(21)22-2)8-9-15(14)19-20-16;1-10(11-5-3-2-4-6-11)17-15-13-9-12(16(20)21)7-8-14(13)18-19-15;14-12-10-8-9(4-5-11(10)15-16-12)13(18)17-6-2-1-3-7-17/h2-8,19,28H,1,9-18,27H2,(H,29,30);2,4-5,8-11,14H,1,3,6-7,12-13H2,(H2,22,23,24);3-10H,1H2,2H3,(H2,18,19,20);2-9H,1H2,(H,20,21)(H2,17,18,19);4-5,8H,1-3,6-7H2,(H3,14,15,16). The maximum absolute atomic E-state index is 13.2. The number of aromatic carboxylic acids is 1. The zero-order valence-corrected chi connectivity index (χ0v) is 68.1. The van der Waals surface area contributed by atoms with Crippen molar-refractivity contribution in [1.82, 2.24) is 70.6 Å². The van der Waals surface area contributed by atoms with Crippen molar-refractivity contribution in [2.45, 2.75) is 38.5 Å². The zero-order valence-electron chi connectivity index (χ0n) is 68.1. The van der Waals surface area contributed by atoms with Crippen LogP contribution in [0.1, 0.15) is 113 Å². The molecule has 3 saturated heterocycles. The van der Waals surface area contributed by atoms with E-state index in [0.29, 0.717) is 114 Å². The number of nitrogen functional groups attached to an aromatic ring is 1. The predicted octanol–water partition coefficient (Wildman–Crippen LogP) is 15.2. The Bertz CT molecular complexity index is 5960. The van der Waals surface area contributed by atoms with Crippen LogP contribution in [-0.2, 0) is 14.2 Å². The zero-order chi connectivity index (χ0) is 85.3. The third-order valence-corrected chi connectivity index (χ3v) is 20.9. The van der Waals surface area contributed by atoms with Crippen molar-refractivity contribution < 1.29 is 43.3 Å². The van der Waals surface area contributed by atoms with Crippen LogP contribution in [0.5, 0.6) is 0 Å². The predicted molar refractivity (Wildman–Crippen MR) is 482 cm³/mol. The molecule has 29 heteroatoms. The minimum absolute atomic E-state index is 0.0358. The Morgan fingerprint density at radius 1 is 0.385 bits per heavy atom. The number of piperazine rings is 1. The molecule has 0 aliphatic carbocycles.